The van der Waals surface area contributed by atoms with E-state index in [0.29, 0.717) is 33.2 Å². The fourth-order valence-electron chi connectivity index (χ4n) is 7.26. The van der Waals surface area contributed by atoms with Crippen molar-refractivity contribution in [2.24, 2.45) is 0 Å². The second kappa shape index (κ2) is 13.9. The molecule has 0 radical (unpaired) electrons. The molecule has 3 rings (SSSR count). The van der Waals surface area contributed by atoms with Crippen LogP contribution in [0.25, 0.3) is 22.1 Å². The predicted octanol–water partition coefficient (Wildman–Crippen LogP) is 13.0. The number of hydrogen-bond donors (Lipinski definition) is 0. The van der Waals surface area contributed by atoms with E-state index in [4.69, 9.17) is 9.97 Å². The Morgan fingerprint density at radius 3 is 0.952 bits per heavy atom. The number of nitrogens with zero attached hydrogens (tertiary/aromatic N) is 2. The minimum atomic E-state index is -1.94. The Hall–Kier alpha value is -0.486. The maximum atomic E-state index is 5.25. The Kier molecular flexibility index (Phi) is 11.9. The molecule has 2 aromatic carbocycles. The molecule has 0 fully saturated rings. The van der Waals surface area contributed by atoms with E-state index in [1.54, 1.807) is 0 Å². The third kappa shape index (κ3) is 6.29. The molecule has 1 aromatic heterocycles. The Balaban J connectivity index is 2.50. The van der Waals surface area contributed by atoms with Crippen LogP contribution in [-0.4, -0.2) is 26.1 Å². The van der Waals surface area contributed by atoms with Gasteiger partial charge in [-0.25, -0.2) is 9.97 Å². The van der Waals surface area contributed by atoms with Crippen LogP contribution in [0, 0.1) is 22.9 Å². The molecule has 2 nitrogen and oxygen atoms in total. The van der Waals surface area contributed by atoms with Crippen LogP contribution in [0.15, 0.2) is 30.0 Å². The molecule has 0 bridgehead atoms. The van der Waals surface area contributed by atoms with Gasteiger partial charge in [0.1, 0.15) is 38.2 Å². The maximum absolute atomic E-state index is 5.25. The summed E-state index contributed by atoms with van der Waals surface area (Å²) >= 11 is 15.0. The standard InChI is InChI=1S/C34H44Br4N2Si2/c1-19(2)41(20(3)4,21(5)6)17-15-25-13-14-26(16-18-42(22(7)8,23(9)10)24(11)12)32-31(25)39-33-29(37)27(35)28(36)30(38)34(33)40-32/h13-14,19-24H,1-12H3. The minimum Gasteiger partial charge on any atom is -0.242 e. The van der Waals surface area contributed by atoms with Gasteiger partial charge in [-0.05, 0) is 109 Å². The number of halogens is 4. The Morgan fingerprint density at radius 2 is 0.714 bits per heavy atom. The fraction of sp³-hybridized carbons (Fsp3) is 0.529. The van der Waals surface area contributed by atoms with Crippen LogP contribution in [0.1, 0.15) is 94.2 Å². The van der Waals surface area contributed by atoms with Gasteiger partial charge in [-0.15, -0.1) is 11.1 Å². The average molecular weight is 857 g/mol. The van der Waals surface area contributed by atoms with Gasteiger partial charge in [0.15, 0.2) is 0 Å². The number of hydrogen-bond acceptors (Lipinski definition) is 2. The first-order chi connectivity index (χ1) is 19.4. The second-order valence-electron chi connectivity index (χ2n) is 13.3. The van der Waals surface area contributed by atoms with Crippen LogP contribution in [0.5, 0.6) is 0 Å². The highest BCUT2D eigenvalue weighted by atomic mass is 79.9. The molecule has 0 amide bonds. The molecule has 3 aromatic rings. The monoisotopic (exact) mass is 852 g/mol. The quantitative estimate of drug-likeness (QED) is 0.0812. The normalized spacial score (nSPS) is 12.7. The van der Waals surface area contributed by atoms with E-state index in [1.165, 1.54) is 0 Å². The van der Waals surface area contributed by atoms with Crippen molar-refractivity contribution in [2.75, 3.05) is 0 Å². The van der Waals surface area contributed by atoms with E-state index < -0.39 is 16.1 Å². The molecule has 0 atom stereocenters. The number of rotatable bonds is 6. The molecular weight excluding hydrogens is 812 g/mol. The van der Waals surface area contributed by atoms with Gasteiger partial charge in [0.05, 0.1) is 20.1 Å². The third-order valence-corrected chi connectivity index (χ3v) is 26.7. The van der Waals surface area contributed by atoms with E-state index in [-0.39, 0.29) is 0 Å². The first-order valence-electron chi connectivity index (χ1n) is 15.0. The number of aromatic nitrogens is 2. The maximum Gasteiger partial charge on any atom is 0.146 e. The zero-order valence-electron chi connectivity index (χ0n) is 27.0. The van der Waals surface area contributed by atoms with Crippen LogP contribution < -0.4 is 0 Å². The zero-order chi connectivity index (χ0) is 31.9. The Bertz CT molecular complexity index is 1460. The summed E-state index contributed by atoms with van der Waals surface area (Å²) in [5, 5.41) is 0. The summed E-state index contributed by atoms with van der Waals surface area (Å²) in [6, 6.07) is 4.25. The summed E-state index contributed by atoms with van der Waals surface area (Å²) in [5.41, 5.74) is 16.2. The van der Waals surface area contributed by atoms with Crippen molar-refractivity contribution in [3.8, 4) is 22.9 Å². The molecule has 0 aliphatic carbocycles. The lowest BCUT2D eigenvalue weighted by Gasteiger charge is -2.38. The van der Waals surface area contributed by atoms with Gasteiger partial charge in [-0.1, -0.05) is 94.9 Å². The highest BCUT2D eigenvalue weighted by molar-refractivity contribution is 9.15. The van der Waals surface area contributed by atoms with Gasteiger partial charge < -0.3 is 0 Å². The van der Waals surface area contributed by atoms with Crippen molar-refractivity contribution in [1.82, 2.24) is 9.97 Å². The highest BCUT2D eigenvalue weighted by Crippen LogP contribution is 2.44. The molecule has 0 aliphatic heterocycles. The predicted molar refractivity (Wildman–Crippen MR) is 204 cm³/mol. The van der Waals surface area contributed by atoms with Crippen molar-refractivity contribution >= 4 is 102 Å². The Morgan fingerprint density at radius 1 is 0.452 bits per heavy atom. The topological polar surface area (TPSA) is 25.8 Å². The first kappa shape index (κ1) is 36.0. The SMILES string of the molecule is CC(C)[Si](C#Cc1ccc(C#C[Si](C(C)C)(C(C)C)C(C)C)c2nc3c(Br)c(Br)c(Br)c(Br)c3nc12)(C(C)C)C(C)C. The lowest BCUT2D eigenvalue weighted by molar-refractivity contribution is 0.838. The van der Waals surface area contributed by atoms with E-state index in [1.807, 2.05) is 0 Å². The van der Waals surface area contributed by atoms with Crippen molar-refractivity contribution in [1.29, 1.82) is 0 Å². The van der Waals surface area contributed by atoms with E-state index in [0.717, 1.165) is 51.1 Å². The molecule has 0 N–H and O–H groups in total. The second-order valence-corrected chi connectivity index (χ2v) is 27.7. The van der Waals surface area contributed by atoms with Crippen LogP contribution in [0.4, 0.5) is 0 Å². The van der Waals surface area contributed by atoms with Crippen LogP contribution in [0.2, 0.25) is 33.2 Å². The summed E-state index contributed by atoms with van der Waals surface area (Å²) in [7, 11) is -3.88. The van der Waals surface area contributed by atoms with Gasteiger partial charge in [-0.2, -0.15) is 0 Å². The average Bonchev–Trinajstić information content (AvgIpc) is 2.90. The number of fused-ring (bicyclic) bond motifs is 2. The largest absolute Gasteiger partial charge is 0.242 e. The van der Waals surface area contributed by atoms with Gasteiger partial charge in [0.25, 0.3) is 0 Å². The lowest BCUT2D eigenvalue weighted by atomic mass is 10.1. The van der Waals surface area contributed by atoms with Gasteiger partial charge in [0, 0.05) is 8.95 Å². The van der Waals surface area contributed by atoms with Crippen molar-refractivity contribution in [3.63, 3.8) is 0 Å². The summed E-state index contributed by atoms with van der Waals surface area (Å²) in [6.45, 7) is 28.2. The molecule has 0 saturated heterocycles. The van der Waals surface area contributed by atoms with Crippen molar-refractivity contribution < 1.29 is 0 Å². The molecule has 0 saturated carbocycles. The lowest BCUT2D eigenvalue weighted by Crippen LogP contribution is -2.43. The fourth-order valence-corrected chi connectivity index (χ4v) is 19.9. The van der Waals surface area contributed by atoms with Crippen LogP contribution in [0.3, 0.4) is 0 Å². The smallest absolute Gasteiger partial charge is 0.146 e. The third-order valence-electron chi connectivity index (χ3n) is 9.38. The van der Waals surface area contributed by atoms with Gasteiger partial charge in [0.2, 0.25) is 0 Å². The summed E-state index contributed by atoms with van der Waals surface area (Å²) in [5.74, 6) is 7.35. The Labute approximate surface area is 289 Å². The van der Waals surface area contributed by atoms with Gasteiger partial charge in [-0.3, -0.25) is 0 Å². The molecule has 8 heteroatoms. The summed E-state index contributed by atoms with van der Waals surface area (Å²) < 4.78 is 3.51. The summed E-state index contributed by atoms with van der Waals surface area (Å²) in [4.78, 5) is 10.5. The number of benzene rings is 2. The molecule has 42 heavy (non-hydrogen) atoms. The van der Waals surface area contributed by atoms with Crippen LogP contribution in [-0.2, 0) is 0 Å². The van der Waals surface area contributed by atoms with Crippen LogP contribution >= 0.6 is 63.7 Å². The van der Waals surface area contributed by atoms with Crippen molar-refractivity contribution in [3.05, 3.63) is 41.2 Å². The molecule has 226 valence electrons. The molecule has 0 aliphatic rings. The molecule has 0 spiro atoms. The summed E-state index contributed by atoms with van der Waals surface area (Å²) in [6.07, 6.45) is 0. The molecule has 1 heterocycles. The molecular formula is C34H44Br4N2Si2. The van der Waals surface area contributed by atoms with Crippen molar-refractivity contribution in [2.45, 2.75) is 116 Å². The van der Waals surface area contributed by atoms with E-state index >= 15 is 0 Å². The van der Waals surface area contributed by atoms with E-state index in [9.17, 15) is 0 Å². The van der Waals surface area contributed by atoms with Gasteiger partial charge >= 0.3 is 0 Å². The van der Waals surface area contributed by atoms with E-state index in [2.05, 4.69) is 182 Å². The first-order valence-corrected chi connectivity index (χ1v) is 22.6. The zero-order valence-corrected chi connectivity index (χ0v) is 35.4. The highest BCUT2D eigenvalue weighted by Gasteiger charge is 2.42. The minimum absolute atomic E-state index is 0.549. The molecule has 0 unspecified atom stereocenters.